The quantitative estimate of drug-likeness (QED) is 0.615. The van der Waals surface area contributed by atoms with Crippen molar-refractivity contribution in [1.29, 1.82) is 0 Å². The van der Waals surface area contributed by atoms with Crippen LogP contribution in [0.4, 0.5) is 0 Å². The first-order valence-corrected chi connectivity index (χ1v) is 9.96. The van der Waals surface area contributed by atoms with Gasteiger partial charge in [-0.2, -0.15) is 0 Å². The van der Waals surface area contributed by atoms with Gasteiger partial charge in [0, 0.05) is 37.1 Å². The molecule has 1 aliphatic rings. The lowest BCUT2D eigenvalue weighted by Crippen LogP contribution is -2.37. The molecule has 2 heterocycles. The zero-order valence-corrected chi connectivity index (χ0v) is 17.1. The maximum absolute atomic E-state index is 12.7. The van der Waals surface area contributed by atoms with Gasteiger partial charge in [-0.15, -0.1) is 0 Å². The van der Waals surface area contributed by atoms with Crippen LogP contribution in [-0.4, -0.2) is 36.6 Å². The molecule has 0 saturated heterocycles. The molecule has 3 aromatic rings. The topological polar surface area (TPSA) is 104 Å². The second kappa shape index (κ2) is 8.97. The number of hydrogen-bond acceptors (Lipinski definition) is 5. The van der Waals surface area contributed by atoms with Gasteiger partial charge < -0.3 is 20.5 Å². The van der Waals surface area contributed by atoms with Crippen LogP contribution in [0, 0.1) is 0 Å². The average Bonchev–Trinajstić information content (AvgIpc) is 3.22. The lowest BCUT2D eigenvalue weighted by Gasteiger charge is -2.18. The molecule has 0 saturated carbocycles. The van der Waals surface area contributed by atoms with Crippen LogP contribution in [0.25, 0.3) is 11.1 Å². The van der Waals surface area contributed by atoms with Crippen molar-refractivity contribution >= 4 is 11.8 Å². The highest BCUT2D eigenvalue weighted by molar-refractivity contribution is 5.94. The molecular formula is C24H23N3O4. The first-order chi connectivity index (χ1) is 15.1. The highest BCUT2D eigenvalue weighted by Gasteiger charge is 2.28. The van der Waals surface area contributed by atoms with Gasteiger partial charge in [-0.05, 0) is 17.2 Å². The van der Waals surface area contributed by atoms with Crippen LogP contribution in [0.1, 0.15) is 27.6 Å². The summed E-state index contributed by atoms with van der Waals surface area (Å²) in [7, 11) is 1.51. The summed E-state index contributed by atoms with van der Waals surface area (Å²) in [5.41, 5.74) is 9.13. The monoisotopic (exact) mass is 417 g/mol. The number of amides is 2. The van der Waals surface area contributed by atoms with Gasteiger partial charge in [-0.1, -0.05) is 48.5 Å². The number of nitrogens with one attached hydrogen (secondary N) is 1. The summed E-state index contributed by atoms with van der Waals surface area (Å²) in [6.07, 6.45) is 2.88. The standard InChI is InChI=1S/C24H23N3O4/c1-30-22(15-6-3-2-4-7-15)24(29)27-14-19-11-16-8-5-9-20(21(16)31-19)17-10-18(23(25)28)13-26-12-17/h2-10,12-13,19,22H,11,14H2,1H3,(H2,25,28)(H,27,29). The van der Waals surface area contributed by atoms with Crippen molar-refractivity contribution < 1.29 is 19.1 Å². The van der Waals surface area contributed by atoms with E-state index >= 15 is 0 Å². The van der Waals surface area contributed by atoms with Crippen LogP contribution in [0.3, 0.4) is 0 Å². The summed E-state index contributed by atoms with van der Waals surface area (Å²) in [4.78, 5) is 28.3. The molecule has 2 amide bonds. The molecule has 0 aliphatic carbocycles. The number of primary amides is 1. The molecule has 7 nitrogen and oxygen atoms in total. The molecule has 0 bridgehead atoms. The minimum Gasteiger partial charge on any atom is -0.487 e. The number of pyridine rings is 1. The number of carbonyl (C=O) groups excluding carboxylic acids is 2. The Morgan fingerprint density at radius 1 is 1.19 bits per heavy atom. The van der Waals surface area contributed by atoms with Crippen molar-refractivity contribution in [1.82, 2.24) is 10.3 Å². The molecule has 0 spiro atoms. The van der Waals surface area contributed by atoms with Gasteiger partial charge in [-0.3, -0.25) is 14.6 Å². The van der Waals surface area contributed by atoms with Crippen LogP contribution in [0.5, 0.6) is 5.75 Å². The van der Waals surface area contributed by atoms with Gasteiger partial charge in [0.2, 0.25) is 5.91 Å². The predicted octanol–water partition coefficient (Wildman–Crippen LogP) is 2.65. The van der Waals surface area contributed by atoms with Crippen LogP contribution >= 0.6 is 0 Å². The lowest BCUT2D eigenvalue weighted by atomic mass is 10.0. The molecule has 3 N–H and O–H groups in total. The number of methoxy groups -OCH3 is 1. The largest absolute Gasteiger partial charge is 0.487 e. The third kappa shape index (κ3) is 4.41. The zero-order valence-electron chi connectivity index (χ0n) is 17.1. The molecule has 1 aliphatic heterocycles. The number of nitrogens with two attached hydrogens (primary N) is 1. The van der Waals surface area contributed by atoms with E-state index in [4.69, 9.17) is 15.2 Å². The number of para-hydroxylation sites is 1. The first-order valence-electron chi connectivity index (χ1n) is 9.96. The number of fused-ring (bicyclic) bond motifs is 1. The number of rotatable bonds is 7. The van der Waals surface area contributed by atoms with Gasteiger partial charge >= 0.3 is 0 Å². The number of carbonyl (C=O) groups is 2. The highest BCUT2D eigenvalue weighted by atomic mass is 16.5. The van der Waals surface area contributed by atoms with E-state index in [-0.39, 0.29) is 12.0 Å². The minimum atomic E-state index is -0.678. The van der Waals surface area contributed by atoms with E-state index in [0.29, 0.717) is 18.5 Å². The number of nitrogens with zero attached hydrogens (tertiary/aromatic N) is 1. The molecule has 4 rings (SSSR count). The Bertz CT molecular complexity index is 1100. The van der Waals surface area contributed by atoms with Gasteiger partial charge in [0.1, 0.15) is 11.9 Å². The summed E-state index contributed by atoms with van der Waals surface area (Å²) in [5, 5.41) is 2.93. The molecule has 7 heteroatoms. The highest BCUT2D eigenvalue weighted by Crippen LogP contribution is 2.38. The summed E-state index contributed by atoms with van der Waals surface area (Å²) in [6.45, 7) is 0.346. The minimum absolute atomic E-state index is 0.208. The van der Waals surface area contributed by atoms with E-state index in [1.807, 2.05) is 48.5 Å². The fourth-order valence-corrected chi connectivity index (χ4v) is 3.73. The predicted molar refractivity (Wildman–Crippen MR) is 116 cm³/mol. The van der Waals surface area contributed by atoms with E-state index in [9.17, 15) is 9.59 Å². The van der Waals surface area contributed by atoms with Crippen molar-refractivity contribution in [3.63, 3.8) is 0 Å². The van der Waals surface area contributed by atoms with Gasteiger partial charge in [0.25, 0.3) is 5.91 Å². The smallest absolute Gasteiger partial charge is 0.253 e. The number of ether oxygens (including phenoxy) is 2. The third-order valence-electron chi connectivity index (χ3n) is 5.24. The first kappa shape index (κ1) is 20.6. The number of benzene rings is 2. The fourth-order valence-electron chi connectivity index (χ4n) is 3.73. The Kier molecular flexibility index (Phi) is 5.95. The molecule has 2 aromatic carbocycles. The molecule has 2 unspecified atom stereocenters. The molecule has 1 aromatic heterocycles. The molecular weight excluding hydrogens is 394 g/mol. The summed E-state index contributed by atoms with van der Waals surface area (Å²) in [5.74, 6) is -0.0158. The Hall–Kier alpha value is -3.71. The van der Waals surface area contributed by atoms with Crippen LogP contribution in [-0.2, 0) is 16.0 Å². The maximum Gasteiger partial charge on any atom is 0.253 e. The molecule has 158 valence electrons. The Labute approximate surface area is 180 Å². The van der Waals surface area contributed by atoms with E-state index in [1.165, 1.54) is 13.3 Å². The van der Waals surface area contributed by atoms with Gasteiger partial charge in [0.15, 0.2) is 6.10 Å². The SMILES string of the molecule is COC(C(=O)NCC1Cc2cccc(-c3cncc(C(N)=O)c3)c2O1)c1ccccc1. The van der Waals surface area contributed by atoms with E-state index in [2.05, 4.69) is 10.3 Å². The van der Waals surface area contributed by atoms with Gasteiger partial charge in [-0.25, -0.2) is 0 Å². The third-order valence-corrected chi connectivity index (χ3v) is 5.24. The average molecular weight is 417 g/mol. The van der Waals surface area contributed by atoms with Gasteiger partial charge in [0.05, 0.1) is 12.1 Å². The Morgan fingerprint density at radius 3 is 2.74 bits per heavy atom. The summed E-state index contributed by atoms with van der Waals surface area (Å²) in [6, 6.07) is 16.9. The zero-order chi connectivity index (χ0) is 21.8. The van der Waals surface area contributed by atoms with E-state index < -0.39 is 12.0 Å². The van der Waals surface area contributed by atoms with Crippen LogP contribution in [0.2, 0.25) is 0 Å². The van der Waals surface area contributed by atoms with Crippen molar-refractivity contribution in [2.45, 2.75) is 18.6 Å². The normalized spacial score (nSPS) is 15.6. The molecule has 2 atom stereocenters. The van der Waals surface area contributed by atoms with Crippen molar-refractivity contribution in [2.75, 3.05) is 13.7 Å². The maximum atomic E-state index is 12.7. The Balaban J connectivity index is 1.46. The lowest BCUT2D eigenvalue weighted by molar-refractivity contribution is -0.131. The van der Waals surface area contributed by atoms with Crippen LogP contribution < -0.4 is 15.8 Å². The van der Waals surface area contributed by atoms with Crippen molar-refractivity contribution in [3.05, 3.63) is 83.7 Å². The van der Waals surface area contributed by atoms with Crippen LogP contribution in [0.15, 0.2) is 67.0 Å². The Morgan fingerprint density at radius 2 is 2.00 bits per heavy atom. The number of aromatic nitrogens is 1. The van der Waals surface area contributed by atoms with Crippen molar-refractivity contribution in [3.8, 4) is 16.9 Å². The second-order valence-electron chi connectivity index (χ2n) is 7.34. The molecule has 0 fully saturated rings. The second-order valence-corrected chi connectivity index (χ2v) is 7.34. The summed E-state index contributed by atoms with van der Waals surface area (Å²) >= 11 is 0. The van der Waals surface area contributed by atoms with Crippen molar-refractivity contribution in [2.24, 2.45) is 5.73 Å². The summed E-state index contributed by atoms with van der Waals surface area (Å²) < 4.78 is 11.5. The number of hydrogen-bond donors (Lipinski definition) is 2. The molecule has 31 heavy (non-hydrogen) atoms. The van der Waals surface area contributed by atoms with E-state index in [0.717, 1.165) is 28.0 Å². The fraction of sp³-hybridized carbons (Fsp3) is 0.208. The van der Waals surface area contributed by atoms with E-state index in [1.54, 1.807) is 12.3 Å². The molecule has 0 radical (unpaired) electrons.